The summed E-state index contributed by atoms with van der Waals surface area (Å²) >= 11 is 0. The van der Waals surface area contributed by atoms with Crippen molar-refractivity contribution in [3.05, 3.63) is 90.0 Å². The van der Waals surface area contributed by atoms with E-state index in [0.29, 0.717) is 23.6 Å². The largest absolute Gasteiger partial charge is 0.457 e. The highest BCUT2D eigenvalue weighted by molar-refractivity contribution is 5.81. The van der Waals surface area contributed by atoms with Crippen LogP contribution in [0.1, 0.15) is 28.4 Å². The third-order valence-corrected chi connectivity index (χ3v) is 4.10. The second-order valence-corrected chi connectivity index (χ2v) is 6.06. The van der Waals surface area contributed by atoms with Crippen molar-refractivity contribution in [2.45, 2.75) is 12.5 Å². The van der Waals surface area contributed by atoms with E-state index < -0.39 is 0 Å². The molecule has 27 heavy (non-hydrogen) atoms. The second-order valence-electron chi connectivity index (χ2n) is 6.06. The molecule has 0 aliphatic carbocycles. The first-order valence-electron chi connectivity index (χ1n) is 8.59. The maximum atomic E-state index is 10.9. The van der Waals surface area contributed by atoms with Gasteiger partial charge < -0.3 is 14.3 Å². The summed E-state index contributed by atoms with van der Waals surface area (Å²) in [4.78, 5) is 16.3. The van der Waals surface area contributed by atoms with Crippen molar-refractivity contribution in [2.75, 3.05) is 0 Å². The van der Waals surface area contributed by atoms with Gasteiger partial charge in [0.1, 0.15) is 23.5 Å². The molecule has 0 bridgehead atoms. The molecule has 0 N–H and O–H groups in total. The number of hydrogen-bond donors (Lipinski definition) is 0. The summed E-state index contributed by atoms with van der Waals surface area (Å²) in [6, 6.07) is 24.3. The Balaban J connectivity index is 1.37. The Labute approximate surface area is 156 Å². The van der Waals surface area contributed by atoms with E-state index in [1.807, 2.05) is 54.6 Å². The third kappa shape index (κ3) is 4.15. The predicted molar refractivity (Wildman–Crippen MR) is 101 cm³/mol. The average Bonchev–Trinajstić information content (AvgIpc) is 3.18. The fourth-order valence-electron chi connectivity index (χ4n) is 2.76. The second kappa shape index (κ2) is 7.74. The van der Waals surface area contributed by atoms with Gasteiger partial charge >= 0.3 is 0 Å². The van der Waals surface area contributed by atoms with Gasteiger partial charge in [0.05, 0.1) is 6.42 Å². The van der Waals surface area contributed by atoms with Crippen LogP contribution in [0.15, 0.2) is 84.0 Å². The van der Waals surface area contributed by atoms with Gasteiger partial charge in [-0.1, -0.05) is 47.6 Å². The molecule has 0 saturated heterocycles. The standard InChI is InChI=1S/C22H17NO4/c24-15-16-5-4-8-20(13-16)26-22-14-21(27-23-22)17-9-11-19(12-10-17)25-18-6-2-1-3-7-18/h1-13,15,21H,14H2/t21-/m0/s1. The van der Waals surface area contributed by atoms with Crippen LogP contribution >= 0.6 is 0 Å². The molecule has 0 unspecified atom stereocenters. The zero-order chi connectivity index (χ0) is 18.5. The Bertz CT molecular complexity index is 952. The number of nitrogens with zero attached hydrogens (tertiary/aromatic N) is 1. The first-order chi connectivity index (χ1) is 13.3. The van der Waals surface area contributed by atoms with E-state index in [1.54, 1.807) is 24.3 Å². The van der Waals surface area contributed by atoms with Crippen molar-refractivity contribution in [3.8, 4) is 17.2 Å². The lowest BCUT2D eigenvalue weighted by atomic mass is 10.1. The SMILES string of the molecule is O=Cc1cccc(OC2=NO[C@H](c3ccc(Oc4ccccc4)cc3)C2)c1. The first kappa shape index (κ1) is 16.8. The minimum absolute atomic E-state index is 0.208. The summed E-state index contributed by atoms with van der Waals surface area (Å²) in [5.41, 5.74) is 1.54. The van der Waals surface area contributed by atoms with Crippen molar-refractivity contribution in [1.29, 1.82) is 0 Å². The fourth-order valence-corrected chi connectivity index (χ4v) is 2.76. The number of carbonyl (C=O) groups is 1. The highest BCUT2D eigenvalue weighted by Crippen LogP contribution is 2.30. The zero-order valence-corrected chi connectivity index (χ0v) is 14.4. The van der Waals surface area contributed by atoms with E-state index in [-0.39, 0.29) is 6.10 Å². The van der Waals surface area contributed by atoms with Crippen LogP contribution in [0.3, 0.4) is 0 Å². The van der Waals surface area contributed by atoms with Crippen LogP contribution in [0.2, 0.25) is 0 Å². The quantitative estimate of drug-likeness (QED) is 0.592. The summed E-state index contributed by atoms with van der Waals surface area (Å²) in [6.45, 7) is 0. The summed E-state index contributed by atoms with van der Waals surface area (Å²) in [5, 5.41) is 4.01. The van der Waals surface area contributed by atoms with Crippen LogP contribution in [-0.2, 0) is 4.84 Å². The lowest BCUT2D eigenvalue weighted by Gasteiger charge is -2.10. The Hall–Kier alpha value is -3.60. The highest BCUT2D eigenvalue weighted by atomic mass is 16.7. The zero-order valence-electron chi connectivity index (χ0n) is 14.4. The molecule has 5 heteroatoms. The molecule has 0 aromatic heterocycles. The molecule has 3 aromatic carbocycles. The molecular formula is C22H17NO4. The van der Waals surface area contributed by atoms with Gasteiger partial charge in [-0.25, -0.2) is 0 Å². The van der Waals surface area contributed by atoms with Crippen LogP contribution in [0.25, 0.3) is 0 Å². The van der Waals surface area contributed by atoms with Crippen LogP contribution in [-0.4, -0.2) is 12.2 Å². The minimum atomic E-state index is -0.208. The lowest BCUT2D eigenvalue weighted by Crippen LogP contribution is -2.07. The Kier molecular flexibility index (Phi) is 4.83. The van der Waals surface area contributed by atoms with Crippen molar-refractivity contribution < 1.29 is 19.1 Å². The van der Waals surface area contributed by atoms with Crippen LogP contribution in [0, 0.1) is 0 Å². The van der Waals surface area contributed by atoms with E-state index in [9.17, 15) is 4.79 Å². The number of hydrogen-bond acceptors (Lipinski definition) is 5. The smallest absolute Gasteiger partial charge is 0.235 e. The molecule has 134 valence electrons. The summed E-state index contributed by atoms with van der Waals surface area (Å²) in [6.07, 6.45) is 1.09. The summed E-state index contributed by atoms with van der Waals surface area (Å²) in [7, 11) is 0. The van der Waals surface area contributed by atoms with Crippen molar-refractivity contribution in [3.63, 3.8) is 0 Å². The molecule has 1 aliphatic rings. The van der Waals surface area contributed by atoms with E-state index >= 15 is 0 Å². The van der Waals surface area contributed by atoms with Gasteiger partial charge in [-0.2, -0.15) is 0 Å². The van der Waals surface area contributed by atoms with Gasteiger partial charge in [0, 0.05) is 5.56 Å². The van der Waals surface area contributed by atoms with Gasteiger partial charge in [0.25, 0.3) is 0 Å². The molecule has 0 spiro atoms. The van der Waals surface area contributed by atoms with Crippen molar-refractivity contribution in [1.82, 2.24) is 0 Å². The normalized spacial score (nSPS) is 15.6. The third-order valence-electron chi connectivity index (χ3n) is 4.10. The molecule has 0 radical (unpaired) electrons. The number of benzene rings is 3. The van der Waals surface area contributed by atoms with E-state index in [4.69, 9.17) is 14.3 Å². The van der Waals surface area contributed by atoms with Crippen molar-refractivity contribution >= 4 is 12.2 Å². The minimum Gasteiger partial charge on any atom is -0.457 e. The van der Waals surface area contributed by atoms with E-state index in [0.717, 1.165) is 23.3 Å². The van der Waals surface area contributed by atoms with Crippen LogP contribution < -0.4 is 9.47 Å². The van der Waals surface area contributed by atoms with E-state index in [1.165, 1.54) is 0 Å². The predicted octanol–water partition coefficient (Wildman–Crippen LogP) is 5.15. The molecule has 1 aliphatic heterocycles. The fraction of sp³-hybridized carbons (Fsp3) is 0.0909. The monoisotopic (exact) mass is 359 g/mol. The van der Waals surface area contributed by atoms with Crippen LogP contribution in [0.5, 0.6) is 17.2 Å². The molecule has 0 saturated carbocycles. The molecule has 4 rings (SSSR count). The summed E-state index contributed by atoms with van der Waals surface area (Å²) in [5.74, 6) is 2.59. The molecule has 1 heterocycles. The molecule has 0 fully saturated rings. The van der Waals surface area contributed by atoms with Gasteiger partial charge in [0.2, 0.25) is 5.90 Å². The first-order valence-corrected chi connectivity index (χ1v) is 8.59. The number of oxime groups is 1. The molecular weight excluding hydrogens is 342 g/mol. The van der Waals surface area contributed by atoms with Gasteiger partial charge in [-0.15, -0.1) is 0 Å². The number of aldehydes is 1. The summed E-state index contributed by atoms with van der Waals surface area (Å²) < 4.78 is 11.5. The molecule has 1 atom stereocenters. The van der Waals surface area contributed by atoms with Crippen molar-refractivity contribution in [2.24, 2.45) is 5.16 Å². The van der Waals surface area contributed by atoms with Gasteiger partial charge in [0.15, 0.2) is 6.10 Å². The molecule has 5 nitrogen and oxygen atoms in total. The number of rotatable bonds is 5. The Morgan fingerprint density at radius 1 is 0.852 bits per heavy atom. The molecule has 3 aromatic rings. The topological polar surface area (TPSA) is 57.1 Å². The maximum Gasteiger partial charge on any atom is 0.235 e. The Morgan fingerprint density at radius 3 is 2.37 bits per heavy atom. The number of carbonyl (C=O) groups excluding carboxylic acids is 1. The highest BCUT2D eigenvalue weighted by Gasteiger charge is 2.24. The molecule has 0 amide bonds. The maximum absolute atomic E-state index is 10.9. The number of ether oxygens (including phenoxy) is 2. The van der Waals surface area contributed by atoms with Crippen LogP contribution in [0.4, 0.5) is 0 Å². The Morgan fingerprint density at radius 2 is 1.59 bits per heavy atom. The van der Waals surface area contributed by atoms with Gasteiger partial charge in [-0.3, -0.25) is 4.79 Å². The number of para-hydroxylation sites is 1. The average molecular weight is 359 g/mol. The van der Waals surface area contributed by atoms with Gasteiger partial charge in [-0.05, 0) is 42.0 Å². The van der Waals surface area contributed by atoms with E-state index in [2.05, 4.69) is 5.16 Å². The lowest BCUT2D eigenvalue weighted by molar-refractivity contribution is 0.0855.